The molecule has 2 aromatic carbocycles. The van der Waals surface area contributed by atoms with Gasteiger partial charge in [0.15, 0.2) is 11.5 Å². The van der Waals surface area contributed by atoms with E-state index in [9.17, 15) is 15.0 Å². The predicted molar refractivity (Wildman–Crippen MR) is 77.0 cm³/mol. The number of aromatic hydroxyl groups is 2. The number of carbonyl (C=O) groups is 1. The molecule has 4 nitrogen and oxygen atoms in total. The molecule has 2 aromatic rings. The molecular formula is C15H14ClNO3. The van der Waals surface area contributed by atoms with E-state index in [1.807, 2.05) is 12.1 Å². The molecule has 0 radical (unpaired) electrons. The SMILES string of the molecule is CN(Cc1ccc(Cl)cc1)C(=O)c1ccc(O)c(O)c1. The first-order chi connectivity index (χ1) is 9.47. The van der Waals surface area contributed by atoms with E-state index >= 15 is 0 Å². The number of benzene rings is 2. The van der Waals surface area contributed by atoms with Gasteiger partial charge in [0.1, 0.15) is 0 Å². The fraction of sp³-hybridized carbons (Fsp3) is 0.133. The quantitative estimate of drug-likeness (QED) is 0.855. The molecule has 0 bridgehead atoms. The van der Waals surface area contributed by atoms with Crippen molar-refractivity contribution >= 4 is 17.5 Å². The summed E-state index contributed by atoms with van der Waals surface area (Å²) < 4.78 is 0. The van der Waals surface area contributed by atoms with Gasteiger partial charge in [0.25, 0.3) is 5.91 Å². The van der Waals surface area contributed by atoms with Crippen molar-refractivity contribution in [1.29, 1.82) is 0 Å². The van der Waals surface area contributed by atoms with Crippen LogP contribution >= 0.6 is 11.6 Å². The van der Waals surface area contributed by atoms with E-state index in [2.05, 4.69) is 0 Å². The molecule has 5 heteroatoms. The molecule has 0 saturated carbocycles. The van der Waals surface area contributed by atoms with Crippen molar-refractivity contribution < 1.29 is 15.0 Å². The third-order valence-electron chi connectivity index (χ3n) is 2.90. The fourth-order valence-corrected chi connectivity index (χ4v) is 1.94. The Morgan fingerprint density at radius 3 is 2.35 bits per heavy atom. The second-order valence-electron chi connectivity index (χ2n) is 4.49. The molecule has 0 fully saturated rings. The molecule has 2 N–H and O–H groups in total. The molecule has 20 heavy (non-hydrogen) atoms. The Balaban J connectivity index is 2.11. The van der Waals surface area contributed by atoms with Gasteiger partial charge in [-0.3, -0.25) is 4.79 Å². The summed E-state index contributed by atoms with van der Waals surface area (Å²) in [5, 5.41) is 19.3. The highest BCUT2D eigenvalue weighted by molar-refractivity contribution is 6.30. The third kappa shape index (κ3) is 3.22. The highest BCUT2D eigenvalue weighted by atomic mass is 35.5. The van der Waals surface area contributed by atoms with E-state index < -0.39 is 0 Å². The highest BCUT2D eigenvalue weighted by Crippen LogP contribution is 2.25. The maximum Gasteiger partial charge on any atom is 0.254 e. The summed E-state index contributed by atoms with van der Waals surface area (Å²) in [6, 6.07) is 11.2. The number of hydrogen-bond donors (Lipinski definition) is 2. The average Bonchev–Trinajstić information content (AvgIpc) is 2.43. The number of carbonyl (C=O) groups excluding carboxylic acids is 1. The Morgan fingerprint density at radius 2 is 1.75 bits per heavy atom. The number of nitrogens with zero attached hydrogens (tertiary/aromatic N) is 1. The molecule has 0 heterocycles. The summed E-state index contributed by atoms with van der Waals surface area (Å²) in [6.45, 7) is 0.428. The van der Waals surface area contributed by atoms with Crippen LogP contribution in [0.3, 0.4) is 0 Å². The van der Waals surface area contributed by atoms with Gasteiger partial charge in [-0.05, 0) is 35.9 Å². The van der Waals surface area contributed by atoms with Gasteiger partial charge < -0.3 is 15.1 Å². The van der Waals surface area contributed by atoms with Crippen molar-refractivity contribution in [1.82, 2.24) is 4.90 Å². The second kappa shape index (κ2) is 5.84. The van der Waals surface area contributed by atoms with Gasteiger partial charge in [-0.25, -0.2) is 0 Å². The van der Waals surface area contributed by atoms with Crippen LogP contribution in [0.15, 0.2) is 42.5 Å². The number of rotatable bonds is 3. The van der Waals surface area contributed by atoms with Crippen molar-refractivity contribution in [3.8, 4) is 11.5 Å². The van der Waals surface area contributed by atoms with E-state index in [0.717, 1.165) is 5.56 Å². The lowest BCUT2D eigenvalue weighted by Gasteiger charge is -2.17. The summed E-state index contributed by atoms with van der Waals surface area (Å²) in [5.41, 5.74) is 1.27. The Bertz CT molecular complexity index is 626. The van der Waals surface area contributed by atoms with E-state index in [0.29, 0.717) is 17.1 Å². The maximum atomic E-state index is 12.2. The molecule has 0 saturated heterocycles. The number of phenolic OH excluding ortho intramolecular Hbond substituents is 2. The Hall–Kier alpha value is -2.20. The number of hydrogen-bond acceptors (Lipinski definition) is 3. The fourth-order valence-electron chi connectivity index (χ4n) is 1.81. The molecule has 0 spiro atoms. The van der Waals surface area contributed by atoms with E-state index in [1.165, 1.54) is 23.1 Å². The van der Waals surface area contributed by atoms with Crippen molar-refractivity contribution in [2.24, 2.45) is 0 Å². The minimum atomic E-state index is -0.309. The number of halogens is 1. The zero-order valence-electron chi connectivity index (χ0n) is 10.9. The molecule has 0 aliphatic rings. The normalized spacial score (nSPS) is 10.3. The lowest BCUT2D eigenvalue weighted by Crippen LogP contribution is -2.26. The van der Waals surface area contributed by atoms with Crippen LogP contribution in [0.1, 0.15) is 15.9 Å². The van der Waals surface area contributed by atoms with Crippen molar-refractivity contribution in [3.63, 3.8) is 0 Å². The maximum absolute atomic E-state index is 12.2. The summed E-state index contributed by atoms with van der Waals surface area (Å²) in [6.07, 6.45) is 0. The third-order valence-corrected chi connectivity index (χ3v) is 3.15. The first-order valence-corrected chi connectivity index (χ1v) is 6.37. The molecular weight excluding hydrogens is 278 g/mol. The van der Waals surface area contributed by atoms with Gasteiger partial charge in [-0.2, -0.15) is 0 Å². The second-order valence-corrected chi connectivity index (χ2v) is 4.93. The molecule has 1 amide bonds. The van der Waals surface area contributed by atoms with Crippen molar-refractivity contribution in [3.05, 3.63) is 58.6 Å². The minimum Gasteiger partial charge on any atom is -0.504 e. The van der Waals surface area contributed by atoms with Crippen molar-refractivity contribution in [2.45, 2.75) is 6.54 Å². The lowest BCUT2D eigenvalue weighted by atomic mass is 10.1. The van der Waals surface area contributed by atoms with Crippen LogP contribution in [0, 0.1) is 0 Å². The highest BCUT2D eigenvalue weighted by Gasteiger charge is 2.13. The molecule has 104 valence electrons. The molecule has 2 rings (SSSR count). The molecule has 0 atom stereocenters. The Morgan fingerprint density at radius 1 is 1.10 bits per heavy atom. The van der Waals surface area contributed by atoms with Crippen LogP contribution in [-0.2, 0) is 6.54 Å². The first kappa shape index (κ1) is 14.2. The van der Waals surface area contributed by atoms with Crippen LogP contribution in [0.2, 0.25) is 5.02 Å². The lowest BCUT2D eigenvalue weighted by molar-refractivity contribution is 0.0784. The topological polar surface area (TPSA) is 60.8 Å². The summed E-state index contributed by atoms with van der Waals surface area (Å²) in [4.78, 5) is 13.7. The summed E-state index contributed by atoms with van der Waals surface area (Å²) in [5.74, 6) is -0.798. The van der Waals surface area contributed by atoms with Crippen LogP contribution < -0.4 is 0 Å². The van der Waals surface area contributed by atoms with Crippen LogP contribution in [0.25, 0.3) is 0 Å². The van der Waals surface area contributed by atoms with Gasteiger partial charge in [0.2, 0.25) is 0 Å². The Labute approximate surface area is 121 Å². The minimum absolute atomic E-state index is 0.241. The first-order valence-electron chi connectivity index (χ1n) is 5.99. The van der Waals surface area contributed by atoms with E-state index in [4.69, 9.17) is 11.6 Å². The molecule has 0 unspecified atom stereocenters. The van der Waals surface area contributed by atoms with Crippen LogP contribution in [-0.4, -0.2) is 28.1 Å². The van der Waals surface area contributed by atoms with Gasteiger partial charge in [0.05, 0.1) is 0 Å². The largest absolute Gasteiger partial charge is 0.504 e. The predicted octanol–water partition coefficient (Wildman–Crippen LogP) is 3.02. The van der Waals surface area contributed by atoms with Crippen LogP contribution in [0.4, 0.5) is 0 Å². The number of amides is 1. The Kier molecular flexibility index (Phi) is 4.15. The molecule has 0 aromatic heterocycles. The number of phenols is 2. The zero-order chi connectivity index (χ0) is 14.7. The zero-order valence-corrected chi connectivity index (χ0v) is 11.6. The summed E-state index contributed by atoms with van der Waals surface area (Å²) in [7, 11) is 1.67. The van der Waals surface area contributed by atoms with E-state index in [1.54, 1.807) is 19.2 Å². The smallest absolute Gasteiger partial charge is 0.254 e. The van der Waals surface area contributed by atoms with Gasteiger partial charge in [-0.15, -0.1) is 0 Å². The van der Waals surface area contributed by atoms with Crippen molar-refractivity contribution in [2.75, 3.05) is 7.05 Å². The van der Waals surface area contributed by atoms with E-state index in [-0.39, 0.29) is 17.4 Å². The molecule has 0 aliphatic heterocycles. The van der Waals surface area contributed by atoms with Crippen LogP contribution in [0.5, 0.6) is 11.5 Å². The summed E-state index contributed by atoms with van der Waals surface area (Å²) >= 11 is 5.81. The standard InChI is InChI=1S/C15H14ClNO3/c1-17(9-10-2-5-12(16)6-3-10)15(20)11-4-7-13(18)14(19)8-11/h2-8,18-19H,9H2,1H3. The average molecular weight is 292 g/mol. The molecule has 0 aliphatic carbocycles. The van der Waals surface area contributed by atoms with Gasteiger partial charge in [-0.1, -0.05) is 23.7 Å². The van der Waals surface area contributed by atoms with Gasteiger partial charge in [0, 0.05) is 24.2 Å². The monoisotopic (exact) mass is 291 g/mol. The van der Waals surface area contributed by atoms with Gasteiger partial charge >= 0.3 is 0 Å².